The van der Waals surface area contributed by atoms with Gasteiger partial charge in [0.05, 0.1) is 6.61 Å². The summed E-state index contributed by atoms with van der Waals surface area (Å²) in [4.78, 5) is 0. The fraction of sp³-hybridized carbons (Fsp3) is 0.250. The Morgan fingerprint density at radius 2 is 2.17 bits per heavy atom. The van der Waals surface area contributed by atoms with E-state index < -0.39 is 5.82 Å². The van der Waals surface area contributed by atoms with E-state index in [4.69, 9.17) is 14.9 Å². The zero-order valence-electron chi connectivity index (χ0n) is 6.33. The Bertz CT molecular complexity index is 262. The maximum Gasteiger partial charge on any atom is 0.163 e. The van der Waals surface area contributed by atoms with E-state index in [2.05, 4.69) is 0 Å². The number of ether oxygens (including phenoxy) is 1. The Balaban J connectivity index is 2.75. The van der Waals surface area contributed by atoms with Crippen molar-refractivity contribution >= 4 is 0 Å². The third-order valence-electron chi connectivity index (χ3n) is 1.27. The third-order valence-corrected chi connectivity index (χ3v) is 1.27. The Kier molecular flexibility index (Phi) is 2.88. The van der Waals surface area contributed by atoms with Crippen molar-refractivity contribution in [2.75, 3.05) is 13.2 Å². The highest BCUT2D eigenvalue weighted by molar-refractivity contribution is 5.38. The van der Waals surface area contributed by atoms with Gasteiger partial charge in [-0.05, 0) is 12.1 Å². The summed E-state index contributed by atoms with van der Waals surface area (Å²) in [6.45, 7) is -0.132. The van der Waals surface area contributed by atoms with E-state index in [0.717, 1.165) is 12.1 Å². The molecule has 66 valence electrons. The molecule has 4 heteroatoms. The molecule has 0 aliphatic rings. The predicted molar refractivity (Wildman–Crippen MR) is 40.6 cm³/mol. The lowest BCUT2D eigenvalue weighted by Crippen LogP contribution is -2.01. The maximum atomic E-state index is 12.5. The molecular weight excluding hydrogens is 163 g/mol. The molecule has 0 spiro atoms. The summed E-state index contributed by atoms with van der Waals surface area (Å²) in [5.74, 6) is -0.574. The van der Waals surface area contributed by atoms with Crippen molar-refractivity contribution < 1.29 is 19.3 Å². The van der Waals surface area contributed by atoms with Gasteiger partial charge in [0.15, 0.2) is 11.5 Å². The van der Waals surface area contributed by atoms with E-state index in [9.17, 15) is 4.39 Å². The van der Waals surface area contributed by atoms with Gasteiger partial charge in [-0.1, -0.05) is 0 Å². The first-order valence-electron chi connectivity index (χ1n) is 3.46. The molecular formula is C8H9FO3. The first-order chi connectivity index (χ1) is 5.74. The topological polar surface area (TPSA) is 49.7 Å². The predicted octanol–water partition coefficient (Wildman–Crippen LogP) is 0.902. The summed E-state index contributed by atoms with van der Waals surface area (Å²) in [5.41, 5.74) is 0. The van der Waals surface area contributed by atoms with Crippen molar-refractivity contribution in [1.29, 1.82) is 0 Å². The highest BCUT2D eigenvalue weighted by atomic mass is 19.1. The second kappa shape index (κ2) is 3.92. The van der Waals surface area contributed by atoms with Gasteiger partial charge in [0, 0.05) is 6.07 Å². The lowest BCUT2D eigenvalue weighted by atomic mass is 10.3. The van der Waals surface area contributed by atoms with Crippen molar-refractivity contribution in [2.24, 2.45) is 0 Å². The number of halogens is 1. The molecule has 1 aromatic rings. The van der Waals surface area contributed by atoms with Crippen LogP contribution in [0.3, 0.4) is 0 Å². The van der Waals surface area contributed by atoms with Gasteiger partial charge in [0.25, 0.3) is 0 Å². The van der Waals surface area contributed by atoms with Crippen molar-refractivity contribution in [3.63, 3.8) is 0 Å². The molecule has 1 aromatic carbocycles. The van der Waals surface area contributed by atoms with Crippen LogP contribution in [0.25, 0.3) is 0 Å². The van der Waals surface area contributed by atoms with E-state index in [0.29, 0.717) is 0 Å². The Hall–Kier alpha value is -1.29. The van der Waals surface area contributed by atoms with E-state index >= 15 is 0 Å². The average Bonchev–Trinajstić information content (AvgIpc) is 2.07. The number of benzene rings is 1. The Labute approximate surface area is 69.0 Å². The highest BCUT2D eigenvalue weighted by Crippen LogP contribution is 2.25. The lowest BCUT2D eigenvalue weighted by Gasteiger charge is -2.05. The number of aliphatic hydroxyl groups is 1. The molecule has 0 heterocycles. The molecule has 1 rings (SSSR count). The molecule has 0 aliphatic heterocycles. The molecule has 0 fully saturated rings. The van der Waals surface area contributed by atoms with Gasteiger partial charge in [-0.2, -0.15) is 0 Å². The number of phenols is 1. The van der Waals surface area contributed by atoms with Gasteiger partial charge in [-0.3, -0.25) is 0 Å². The van der Waals surface area contributed by atoms with E-state index in [1.165, 1.54) is 6.07 Å². The average molecular weight is 172 g/mol. The smallest absolute Gasteiger partial charge is 0.163 e. The van der Waals surface area contributed by atoms with Crippen LogP contribution in [-0.2, 0) is 0 Å². The molecule has 0 amide bonds. The summed E-state index contributed by atoms with van der Waals surface area (Å²) in [6, 6.07) is 3.38. The Morgan fingerprint density at radius 1 is 1.42 bits per heavy atom. The minimum Gasteiger partial charge on any atom is -0.504 e. The molecule has 0 bridgehead atoms. The third kappa shape index (κ3) is 2.10. The minimum absolute atomic E-state index is 0.0387. The zero-order chi connectivity index (χ0) is 8.97. The summed E-state index contributed by atoms with van der Waals surface area (Å²) in [6.07, 6.45) is 0. The standard InChI is InChI=1S/C8H9FO3/c9-6-1-2-7(11)8(5-6)12-4-3-10/h1-2,5,10-11H,3-4H2. The maximum absolute atomic E-state index is 12.5. The minimum atomic E-state index is -0.485. The molecule has 0 aromatic heterocycles. The summed E-state index contributed by atoms with van der Waals surface area (Å²) >= 11 is 0. The van der Waals surface area contributed by atoms with Crippen LogP contribution in [0.2, 0.25) is 0 Å². The second-order valence-corrected chi connectivity index (χ2v) is 2.18. The van der Waals surface area contributed by atoms with Crippen LogP contribution in [0.4, 0.5) is 4.39 Å². The van der Waals surface area contributed by atoms with Crippen LogP contribution in [0.1, 0.15) is 0 Å². The molecule has 2 N–H and O–H groups in total. The zero-order valence-corrected chi connectivity index (χ0v) is 6.33. The highest BCUT2D eigenvalue weighted by Gasteiger charge is 2.02. The molecule has 0 saturated heterocycles. The summed E-state index contributed by atoms with van der Waals surface area (Å²) in [7, 11) is 0. The number of rotatable bonds is 3. The fourth-order valence-corrected chi connectivity index (χ4v) is 0.759. The Morgan fingerprint density at radius 3 is 2.83 bits per heavy atom. The molecule has 0 aliphatic carbocycles. The monoisotopic (exact) mass is 172 g/mol. The molecule has 0 unspecified atom stereocenters. The number of hydrogen-bond donors (Lipinski definition) is 2. The fourth-order valence-electron chi connectivity index (χ4n) is 0.759. The van der Waals surface area contributed by atoms with Crippen molar-refractivity contribution in [2.45, 2.75) is 0 Å². The molecule has 12 heavy (non-hydrogen) atoms. The van der Waals surface area contributed by atoms with Crippen LogP contribution >= 0.6 is 0 Å². The van der Waals surface area contributed by atoms with Crippen LogP contribution in [0.5, 0.6) is 11.5 Å². The molecule has 0 saturated carbocycles. The second-order valence-electron chi connectivity index (χ2n) is 2.18. The molecule has 3 nitrogen and oxygen atoms in total. The lowest BCUT2D eigenvalue weighted by molar-refractivity contribution is 0.196. The first kappa shape index (κ1) is 8.80. The van der Waals surface area contributed by atoms with Crippen LogP contribution in [0.15, 0.2) is 18.2 Å². The largest absolute Gasteiger partial charge is 0.504 e. The number of phenolic OH excluding ortho intramolecular Hbond substituents is 1. The quantitative estimate of drug-likeness (QED) is 0.712. The van der Waals surface area contributed by atoms with E-state index in [-0.39, 0.29) is 24.7 Å². The molecule has 0 atom stereocenters. The summed E-state index contributed by atoms with van der Waals surface area (Å²) in [5, 5.41) is 17.5. The van der Waals surface area contributed by atoms with Gasteiger partial charge >= 0.3 is 0 Å². The number of hydrogen-bond acceptors (Lipinski definition) is 3. The van der Waals surface area contributed by atoms with Crippen LogP contribution in [0, 0.1) is 5.82 Å². The van der Waals surface area contributed by atoms with E-state index in [1.54, 1.807) is 0 Å². The van der Waals surface area contributed by atoms with E-state index in [1.807, 2.05) is 0 Å². The summed E-state index contributed by atoms with van der Waals surface area (Å²) < 4.78 is 17.3. The van der Waals surface area contributed by atoms with Gasteiger partial charge in [0.1, 0.15) is 12.4 Å². The van der Waals surface area contributed by atoms with Gasteiger partial charge < -0.3 is 14.9 Å². The molecule has 0 radical (unpaired) electrons. The number of aromatic hydroxyl groups is 1. The van der Waals surface area contributed by atoms with Crippen molar-refractivity contribution in [3.05, 3.63) is 24.0 Å². The first-order valence-corrected chi connectivity index (χ1v) is 3.46. The number of aliphatic hydroxyl groups excluding tert-OH is 1. The SMILES string of the molecule is OCCOc1cc(F)ccc1O. The van der Waals surface area contributed by atoms with Gasteiger partial charge in [-0.25, -0.2) is 4.39 Å². The van der Waals surface area contributed by atoms with Crippen molar-refractivity contribution in [1.82, 2.24) is 0 Å². The van der Waals surface area contributed by atoms with Gasteiger partial charge in [0.2, 0.25) is 0 Å². The normalized spacial score (nSPS) is 9.83. The van der Waals surface area contributed by atoms with Crippen molar-refractivity contribution in [3.8, 4) is 11.5 Å². The van der Waals surface area contributed by atoms with Crippen LogP contribution in [-0.4, -0.2) is 23.4 Å². The van der Waals surface area contributed by atoms with Crippen LogP contribution < -0.4 is 4.74 Å². The van der Waals surface area contributed by atoms with Gasteiger partial charge in [-0.15, -0.1) is 0 Å².